The summed E-state index contributed by atoms with van der Waals surface area (Å²) in [7, 11) is 0. The van der Waals surface area contributed by atoms with Gasteiger partial charge < -0.3 is 4.57 Å². The highest BCUT2D eigenvalue weighted by Gasteiger charge is 2.27. The molecule has 0 spiro atoms. The number of aromatic nitrogens is 3. The Morgan fingerprint density at radius 2 is 1.74 bits per heavy atom. The van der Waals surface area contributed by atoms with Crippen molar-refractivity contribution in [2.24, 2.45) is 0 Å². The van der Waals surface area contributed by atoms with Crippen LogP contribution in [0.5, 0.6) is 0 Å². The molecule has 0 fully saturated rings. The second kappa shape index (κ2) is 6.08. The van der Waals surface area contributed by atoms with E-state index in [1.54, 1.807) is 4.68 Å². The van der Waals surface area contributed by atoms with Crippen molar-refractivity contribution in [3.8, 4) is 16.9 Å². The number of pyridine rings is 1. The van der Waals surface area contributed by atoms with Gasteiger partial charge in [-0.25, -0.2) is 0 Å². The average molecular weight is 357 g/mol. The molecule has 0 atom stereocenters. The number of hydrogen-bond donors (Lipinski definition) is 0. The highest BCUT2D eigenvalue weighted by Crippen LogP contribution is 2.35. The number of fused-ring (bicyclic) bond motifs is 6. The van der Waals surface area contributed by atoms with Crippen LogP contribution in [0.25, 0.3) is 27.8 Å². The smallest absolute Gasteiger partial charge is 0.282 e. The first-order chi connectivity index (χ1) is 13.1. The van der Waals surface area contributed by atoms with Gasteiger partial charge in [-0.3, -0.25) is 4.79 Å². The van der Waals surface area contributed by atoms with Crippen molar-refractivity contribution in [3.05, 3.63) is 69.6 Å². The van der Waals surface area contributed by atoms with Gasteiger partial charge in [0.1, 0.15) is 5.69 Å². The topological polar surface area (TPSA) is 39.8 Å². The van der Waals surface area contributed by atoms with Crippen LogP contribution in [-0.4, -0.2) is 14.3 Å². The molecule has 0 saturated carbocycles. The van der Waals surface area contributed by atoms with E-state index in [9.17, 15) is 4.79 Å². The number of aryl methyl sites for hydroxylation is 3. The van der Waals surface area contributed by atoms with E-state index in [4.69, 9.17) is 5.10 Å². The van der Waals surface area contributed by atoms with E-state index in [1.165, 1.54) is 23.1 Å². The van der Waals surface area contributed by atoms with Gasteiger partial charge >= 0.3 is 0 Å². The van der Waals surface area contributed by atoms with E-state index in [1.807, 2.05) is 30.3 Å². The van der Waals surface area contributed by atoms with Crippen LogP contribution in [0, 0.1) is 13.8 Å². The predicted molar refractivity (Wildman–Crippen MR) is 109 cm³/mol. The molecular formula is C23H23N3O. The highest BCUT2D eigenvalue weighted by atomic mass is 16.1. The Balaban J connectivity index is 1.95. The van der Waals surface area contributed by atoms with Crippen LogP contribution in [0.1, 0.15) is 36.1 Å². The Kier molecular flexibility index (Phi) is 3.67. The van der Waals surface area contributed by atoms with E-state index in [-0.39, 0.29) is 5.56 Å². The van der Waals surface area contributed by atoms with Crippen molar-refractivity contribution in [1.82, 2.24) is 14.3 Å². The van der Waals surface area contributed by atoms with Gasteiger partial charge in [0.25, 0.3) is 5.56 Å². The molecule has 3 heterocycles. The van der Waals surface area contributed by atoms with Crippen molar-refractivity contribution in [2.45, 2.75) is 46.1 Å². The maximum atomic E-state index is 13.4. The molecule has 0 amide bonds. The summed E-state index contributed by atoms with van der Waals surface area (Å²) in [5.41, 5.74) is 7.35. The first kappa shape index (κ1) is 16.3. The number of nitrogens with zero attached hydrogens (tertiary/aromatic N) is 3. The third kappa shape index (κ3) is 2.43. The lowest BCUT2D eigenvalue weighted by Crippen LogP contribution is -2.18. The summed E-state index contributed by atoms with van der Waals surface area (Å²) in [4.78, 5) is 13.4. The molecule has 136 valence electrons. The minimum absolute atomic E-state index is 0.00183. The summed E-state index contributed by atoms with van der Waals surface area (Å²) >= 11 is 0. The summed E-state index contributed by atoms with van der Waals surface area (Å²) in [6.07, 6.45) is 4.43. The zero-order valence-corrected chi connectivity index (χ0v) is 15.8. The van der Waals surface area contributed by atoms with E-state index in [2.05, 4.69) is 30.5 Å². The second-order valence-corrected chi connectivity index (χ2v) is 7.64. The van der Waals surface area contributed by atoms with Gasteiger partial charge in [-0.15, -0.1) is 0 Å². The molecule has 4 nitrogen and oxygen atoms in total. The molecule has 2 aromatic carbocycles. The monoisotopic (exact) mass is 357 g/mol. The quantitative estimate of drug-likeness (QED) is 0.498. The average Bonchev–Trinajstić information content (AvgIpc) is 2.86. The fourth-order valence-electron chi connectivity index (χ4n) is 4.34. The Bertz CT molecular complexity index is 1180. The van der Waals surface area contributed by atoms with Crippen LogP contribution in [-0.2, 0) is 13.0 Å². The lowest BCUT2D eigenvalue weighted by Gasteiger charge is -2.19. The van der Waals surface area contributed by atoms with Gasteiger partial charge in [0.05, 0.1) is 16.8 Å². The van der Waals surface area contributed by atoms with Gasteiger partial charge in [0, 0.05) is 17.6 Å². The van der Waals surface area contributed by atoms with E-state index in [0.717, 1.165) is 53.8 Å². The van der Waals surface area contributed by atoms with Gasteiger partial charge in [0.2, 0.25) is 0 Å². The predicted octanol–water partition coefficient (Wildman–Crippen LogP) is 4.64. The summed E-state index contributed by atoms with van der Waals surface area (Å²) in [5.74, 6) is 0. The highest BCUT2D eigenvalue weighted by molar-refractivity contribution is 5.96. The lowest BCUT2D eigenvalue weighted by molar-refractivity contribution is 0.646. The summed E-state index contributed by atoms with van der Waals surface area (Å²) in [5, 5.41) is 5.90. The molecule has 0 N–H and O–H groups in total. The molecular weight excluding hydrogens is 334 g/mol. The van der Waals surface area contributed by atoms with Crippen LogP contribution >= 0.6 is 0 Å². The number of para-hydroxylation sites is 1. The van der Waals surface area contributed by atoms with Crippen molar-refractivity contribution < 1.29 is 0 Å². The molecule has 0 bridgehead atoms. The van der Waals surface area contributed by atoms with Crippen molar-refractivity contribution in [2.75, 3.05) is 0 Å². The first-order valence-corrected chi connectivity index (χ1v) is 9.76. The fourth-order valence-corrected chi connectivity index (χ4v) is 4.34. The summed E-state index contributed by atoms with van der Waals surface area (Å²) in [6, 6.07) is 14.2. The van der Waals surface area contributed by atoms with E-state index in [0.29, 0.717) is 0 Å². The molecule has 27 heavy (non-hydrogen) atoms. The third-order valence-corrected chi connectivity index (χ3v) is 5.91. The molecule has 0 aromatic heterocycles. The van der Waals surface area contributed by atoms with Crippen LogP contribution in [0.4, 0.5) is 0 Å². The van der Waals surface area contributed by atoms with Crippen LogP contribution in [0.15, 0.2) is 47.3 Å². The Labute approximate surface area is 158 Å². The van der Waals surface area contributed by atoms with Gasteiger partial charge in [-0.1, -0.05) is 24.6 Å². The van der Waals surface area contributed by atoms with Crippen molar-refractivity contribution >= 4 is 10.9 Å². The molecule has 0 saturated heterocycles. The van der Waals surface area contributed by atoms with Crippen LogP contribution < -0.4 is 5.56 Å². The molecule has 3 aliphatic rings. The van der Waals surface area contributed by atoms with E-state index < -0.39 is 0 Å². The molecule has 4 heteroatoms. The second-order valence-electron chi connectivity index (χ2n) is 7.64. The van der Waals surface area contributed by atoms with Crippen LogP contribution in [0.3, 0.4) is 0 Å². The maximum absolute atomic E-state index is 13.4. The normalized spacial score (nSPS) is 14.4. The number of rotatable bonds is 1. The summed E-state index contributed by atoms with van der Waals surface area (Å²) in [6.45, 7) is 5.26. The molecule has 2 aromatic rings. The maximum Gasteiger partial charge on any atom is 0.282 e. The van der Waals surface area contributed by atoms with Gasteiger partial charge in [0.15, 0.2) is 0 Å². The minimum Gasteiger partial charge on any atom is -0.344 e. The molecule has 0 aliphatic carbocycles. The minimum atomic E-state index is 0.00183. The fraction of sp³-hybridized carbons (Fsp3) is 0.304. The van der Waals surface area contributed by atoms with E-state index >= 15 is 0 Å². The molecule has 5 rings (SSSR count). The SMILES string of the molecule is Cc1cc2c3nn(-c4ccccc4)c(=O)c-3c3n(c2cc1C)CCCCC3. The molecule has 0 radical (unpaired) electrons. The first-order valence-electron chi connectivity index (χ1n) is 9.76. The summed E-state index contributed by atoms with van der Waals surface area (Å²) < 4.78 is 3.96. The third-order valence-electron chi connectivity index (χ3n) is 5.91. The van der Waals surface area contributed by atoms with Crippen molar-refractivity contribution in [1.29, 1.82) is 0 Å². The largest absolute Gasteiger partial charge is 0.344 e. The number of hydrogen-bond acceptors (Lipinski definition) is 2. The van der Waals surface area contributed by atoms with Crippen LogP contribution in [0.2, 0.25) is 0 Å². The Morgan fingerprint density at radius 3 is 2.56 bits per heavy atom. The zero-order chi connectivity index (χ0) is 18.5. The Morgan fingerprint density at radius 1 is 0.963 bits per heavy atom. The van der Waals surface area contributed by atoms with Gasteiger partial charge in [-0.05, 0) is 68.5 Å². The Hall–Kier alpha value is -2.88. The lowest BCUT2D eigenvalue weighted by atomic mass is 9.98. The van der Waals surface area contributed by atoms with Crippen molar-refractivity contribution in [3.63, 3.8) is 0 Å². The molecule has 3 aliphatic heterocycles. The molecule has 0 unspecified atom stereocenters. The van der Waals surface area contributed by atoms with Gasteiger partial charge in [-0.2, -0.15) is 9.78 Å². The number of benzene rings is 2. The standard InChI is InChI=1S/C23H23N3O/c1-15-13-18-20(14-16(15)2)25-12-8-4-7-11-19(25)21-22(18)24-26(23(21)27)17-9-5-3-6-10-17/h3,5-6,9-10,13-14H,4,7-8,11-12H2,1-2H3. The zero-order valence-electron chi connectivity index (χ0n) is 15.8.